The predicted octanol–water partition coefficient (Wildman–Crippen LogP) is 4.39. The SMILES string of the molecule is C1CCC1.CCCC(C)CC. The van der Waals surface area contributed by atoms with E-state index in [2.05, 4.69) is 20.8 Å². The molecule has 0 bridgehead atoms. The molecule has 0 aliphatic heterocycles. The van der Waals surface area contributed by atoms with Crippen molar-refractivity contribution in [1.82, 2.24) is 0 Å². The summed E-state index contributed by atoms with van der Waals surface area (Å²) in [7, 11) is 0. The molecular weight excluding hydrogens is 132 g/mol. The summed E-state index contributed by atoms with van der Waals surface area (Å²) < 4.78 is 0. The molecule has 0 nitrogen and oxygen atoms in total. The van der Waals surface area contributed by atoms with E-state index in [1.807, 2.05) is 0 Å². The van der Waals surface area contributed by atoms with Crippen LogP contribution in [0, 0.1) is 5.92 Å². The Hall–Kier alpha value is 0. The normalized spacial score (nSPS) is 17.7. The van der Waals surface area contributed by atoms with Gasteiger partial charge < -0.3 is 0 Å². The molecule has 0 N–H and O–H groups in total. The highest BCUT2D eigenvalue weighted by atomic mass is 14.0. The van der Waals surface area contributed by atoms with Gasteiger partial charge in [0.1, 0.15) is 0 Å². The average molecular weight is 156 g/mol. The maximum atomic E-state index is 2.31. The Morgan fingerprint density at radius 1 is 1.00 bits per heavy atom. The fourth-order valence-electron chi connectivity index (χ4n) is 0.947. The summed E-state index contributed by atoms with van der Waals surface area (Å²) in [5.74, 6) is 0.949. The van der Waals surface area contributed by atoms with Gasteiger partial charge in [-0.05, 0) is 5.92 Å². The van der Waals surface area contributed by atoms with Crippen LogP contribution in [0.1, 0.15) is 65.7 Å². The fraction of sp³-hybridized carbons (Fsp3) is 1.00. The molecule has 1 fully saturated rings. The Kier molecular flexibility index (Phi) is 8.10. The van der Waals surface area contributed by atoms with Crippen molar-refractivity contribution in [2.24, 2.45) is 5.92 Å². The van der Waals surface area contributed by atoms with E-state index < -0.39 is 0 Å². The lowest BCUT2D eigenvalue weighted by molar-refractivity contribution is 0.504. The summed E-state index contributed by atoms with van der Waals surface area (Å²) in [4.78, 5) is 0. The first-order valence-corrected chi connectivity index (χ1v) is 5.31. The molecule has 11 heavy (non-hydrogen) atoms. The van der Waals surface area contributed by atoms with E-state index in [9.17, 15) is 0 Å². The first-order valence-electron chi connectivity index (χ1n) is 5.31. The first kappa shape index (κ1) is 11.0. The maximum Gasteiger partial charge on any atom is -0.0446 e. The summed E-state index contributed by atoms with van der Waals surface area (Å²) in [6.45, 7) is 6.80. The molecule has 0 heteroatoms. The van der Waals surface area contributed by atoms with E-state index in [0.717, 1.165) is 5.92 Å². The molecule has 1 aliphatic rings. The molecule has 0 radical (unpaired) electrons. The smallest absolute Gasteiger partial charge is 0.0446 e. The maximum absolute atomic E-state index is 2.31. The monoisotopic (exact) mass is 156 g/mol. The van der Waals surface area contributed by atoms with Gasteiger partial charge in [0, 0.05) is 0 Å². The van der Waals surface area contributed by atoms with E-state index >= 15 is 0 Å². The van der Waals surface area contributed by atoms with Crippen LogP contribution in [0.15, 0.2) is 0 Å². The van der Waals surface area contributed by atoms with Crippen molar-refractivity contribution >= 4 is 0 Å². The molecule has 1 unspecified atom stereocenters. The van der Waals surface area contributed by atoms with Crippen LogP contribution in [0.2, 0.25) is 0 Å². The Morgan fingerprint density at radius 3 is 1.55 bits per heavy atom. The standard InChI is InChI=1S/C7H16.C4H8/c1-4-6-7(3)5-2;1-2-4-3-1/h7H,4-6H2,1-3H3;1-4H2. The summed E-state index contributed by atoms with van der Waals surface area (Å²) in [5.41, 5.74) is 0. The number of rotatable bonds is 3. The molecule has 0 saturated heterocycles. The molecule has 0 aromatic carbocycles. The second-order valence-electron chi connectivity index (χ2n) is 3.72. The Labute approximate surface area is 72.4 Å². The van der Waals surface area contributed by atoms with Gasteiger partial charge in [-0.1, -0.05) is 65.7 Å². The van der Waals surface area contributed by atoms with Crippen molar-refractivity contribution in [2.45, 2.75) is 65.7 Å². The number of hydrogen-bond donors (Lipinski definition) is 0. The summed E-state index contributed by atoms with van der Waals surface area (Å²) >= 11 is 0. The first-order chi connectivity index (χ1) is 5.31. The zero-order valence-electron chi connectivity index (χ0n) is 8.53. The Morgan fingerprint density at radius 2 is 1.45 bits per heavy atom. The second kappa shape index (κ2) is 8.10. The summed E-state index contributed by atoms with van der Waals surface area (Å²) in [6, 6.07) is 0. The molecule has 1 aliphatic carbocycles. The average Bonchev–Trinajstić information content (AvgIpc) is 1.85. The van der Waals surface area contributed by atoms with Crippen LogP contribution in [0.3, 0.4) is 0 Å². The third-order valence-electron chi connectivity index (χ3n) is 2.48. The molecule has 68 valence electrons. The van der Waals surface area contributed by atoms with Gasteiger partial charge in [0.25, 0.3) is 0 Å². The molecule has 0 spiro atoms. The lowest BCUT2D eigenvalue weighted by atomic mass is 10.0. The zero-order chi connectivity index (χ0) is 8.53. The molecular formula is C11H24. The van der Waals surface area contributed by atoms with Crippen LogP contribution in [0.4, 0.5) is 0 Å². The minimum atomic E-state index is 0.949. The van der Waals surface area contributed by atoms with Gasteiger partial charge in [-0.15, -0.1) is 0 Å². The lowest BCUT2D eigenvalue weighted by Crippen LogP contribution is -1.88. The zero-order valence-corrected chi connectivity index (χ0v) is 8.53. The van der Waals surface area contributed by atoms with Gasteiger partial charge in [-0.2, -0.15) is 0 Å². The molecule has 0 heterocycles. The Balaban J connectivity index is 0.000000207. The van der Waals surface area contributed by atoms with Gasteiger partial charge in [-0.25, -0.2) is 0 Å². The van der Waals surface area contributed by atoms with Gasteiger partial charge in [0.05, 0.1) is 0 Å². The van der Waals surface area contributed by atoms with Crippen molar-refractivity contribution in [3.8, 4) is 0 Å². The van der Waals surface area contributed by atoms with Crippen LogP contribution < -0.4 is 0 Å². The molecule has 0 aromatic rings. The summed E-state index contributed by atoms with van der Waals surface area (Å²) in [5, 5.41) is 0. The van der Waals surface area contributed by atoms with Gasteiger partial charge in [0.15, 0.2) is 0 Å². The van der Waals surface area contributed by atoms with Gasteiger partial charge in [0.2, 0.25) is 0 Å². The van der Waals surface area contributed by atoms with Crippen LogP contribution in [-0.2, 0) is 0 Å². The van der Waals surface area contributed by atoms with Crippen molar-refractivity contribution in [3.05, 3.63) is 0 Å². The second-order valence-corrected chi connectivity index (χ2v) is 3.72. The van der Waals surface area contributed by atoms with E-state index in [1.165, 1.54) is 44.9 Å². The lowest BCUT2D eigenvalue weighted by Gasteiger charge is -2.05. The third-order valence-corrected chi connectivity index (χ3v) is 2.48. The quantitative estimate of drug-likeness (QED) is 0.568. The van der Waals surface area contributed by atoms with Crippen molar-refractivity contribution in [2.75, 3.05) is 0 Å². The highest BCUT2D eigenvalue weighted by molar-refractivity contribution is 4.50. The van der Waals surface area contributed by atoms with Crippen LogP contribution in [0.25, 0.3) is 0 Å². The third kappa shape index (κ3) is 7.90. The minimum Gasteiger partial charge on any atom is -0.0654 e. The molecule has 0 aromatic heterocycles. The van der Waals surface area contributed by atoms with Crippen molar-refractivity contribution in [1.29, 1.82) is 0 Å². The Bertz CT molecular complexity index is 58.4. The summed E-state index contributed by atoms with van der Waals surface area (Å²) in [6.07, 6.45) is 10.1. The predicted molar refractivity (Wildman–Crippen MR) is 52.8 cm³/mol. The molecule has 1 atom stereocenters. The highest BCUT2D eigenvalue weighted by Crippen LogP contribution is 2.15. The van der Waals surface area contributed by atoms with Crippen LogP contribution >= 0.6 is 0 Å². The number of hydrogen-bond acceptors (Lipinski definition) is 0. The highest BCUT2D eigenvalue weighted by Gasteiger charge is 1.95. The topological polar surface area (TPSA) is 0 Å². The molecule has 1 rings (SSSR count). The van der Waals surface area contributed by atoms with Crippen LogP contribution in [0.5, 0.6) is 0 Å². The molecule has 1 saturated carbocycles. The molecule has 0 amide bonds. The van der Waals surface area contributed by atoms with E-state index in [-0.39, 0.29) is 0 Å². The van der Waals surface area contributed by atoms with Crippen LogP contribution in [-0.4, -0.2) is 0 Å². The van der Waals surface area contributed by atoms with E-state index in [4.69, 9.17) is 0 Å². The van der Waals surface area contributed by atoms with Gasteiger partial charge in [-0.3, -0.25) is 0 Å². The van der Waals surface area contributed by atoms with Gasteiger partial charge >= 0.3 is 0 Å². The van der Waals surface area contributed by atoms with Crippen molar-refractivity contribution < 1.29 is 0 Å². The largest absolute Gasteiger partial charge is 0.0654 e. The fourth-order valence-corrected chi connectivity index (χ4v) is 0.947. The van der Waals surface area contributed by atoms with Crippen molar-refractivity contribution in [3.63, 3.8) is 0 Å². The van der Waals surface area contributed by atoms with E-state index in [1.54, 1.807) is 0 Å². The van der Waals surface area contributed by atoms with E-state index in [0.29, 0.717) is 0 Å². The minimum absolute atomic E-state index is 0.949.